The molecule has 1 aliphatic heterocycles. The first-order valence-corrected chi connectivity index (χ1v) is 4.94. The molecule has 0 aromatic rings. The molecule has 1 fully saturated rings. The summed E-state index contributed by atoms with van der Waals surface area (Å²) < 4.78 is 42.1. The Hall–Kier alpha value is 1.37. The molecule has 0 amide bonds. The van der Waals surface area contributed by atoms with Crippen LogP contribution >= 0.6 is 0 Å². The van der Waals surface area contributed by atoms with Crippen molar-refractivity contribution in [3.8, 4) is 0 Å². The second-order valence-corrected chi connectivity index (χ2v) is 4.59. The van der Waals surface area contributed by atoms with E-state index in [9.17, 15) is 12.9 Å². The quantitative estimate of drug-likeness (QED) is 0.591. The van der Waals surface area contributed by atoms with Crippen LogP contribution in [0.5, 0.6) is 0 Å². The normalized spacial score (nSPS) is 26.2. The van der Waals surface area contributed by atoms with Gasteiger partial charge in [0.2, 0.25) is 0 Å². The molecule has 0 bridgehead atoms. The maximum atomic E-state index is 12.2. The third-order valence-corrected chi connectivity index (χ3v) is 2.22. The molecule has 90 valence electrons. The summed E-state index contributed by atoms with van der Waals surface area (Å²) in [6.07, 6.45) is -1.41. The summed E-state index contributed by atoms with van der Waals surface area (Å²) in [7, 11) is 0. The number of morpholine rings is 1. The number of hydrogen-bond donors (Lipinski definition) is 1. The molecule has 3 nitrogen and oxygen atoms in total. The molecule has 0 saturated carbocycles. The molecule has 1 unspecified atom stereocenters. The average Bonchev–Trinajstić information content (AvgIpc) is 1.97. The zero-order chi connectivity index (χ0) is 11.7. The van der Waals surface area contributed by atoms with Crippen LogP contribution in [0.3, 0.4) is 0 Å². The van der Waals surface area contributed by atoms with Gasteiger partial charge in [-0.2, -0.15) is 0 Å². The molecule has 1 heterocycles. The zero-order valence-electron chi connectivity index (χ0n) is 9.92. The fourth-order valence-electron chi connectivity index (χ4n) is 1.94. The molecule has 0 aliphatic carbocycles. The summed E-state index contributed by atoms with van der Waals surface area (Å²) >= 11 is 0. The number of aliphatic hydroxyl groups excluding tert-OH is 1. The van der Waals surface area contributed by atoms with Crippen LogP contribution in [-0.2, 0) is 4.74 Å². The van der Waals surface area contributed by atoms with Gasteiger partial charge in [-0.1, -0.05) is 0 Å². The first-order valence-electron chi connectivity index (χ1n) is 4.94. The molecular formula is C8H16BF3KNO2. The van der Waals surface area contributed by atoms with Crippen molar-refractivity contribution in [1.29, 1.82) is 0 Å². The van der Waals surface area contributed by atoms with Crippen LogP contribution in [0.25, 0.3) is 0 Å². The molecule has 1 atom stereocenters. The molecule has 0 spiro atoms. The minimum Gasteiger partial charge on any atom is -0.448 e. The Kier molecular flexibility index (Phi) is 7.07. The predicted molar refractivity (Wildman–Crippen MR) is 51.6 cm³/mol. The summed E-state index contributed by atoms with van der Waals surface area (Å²) in [5.74, 6) is 0. The maximum Gasteiger partial charge on any atom is 1.00 e. The van der Waals surface area contributed by atoms with Crippen LogP contribution in [0.4, 0.5) is 12.9 Å². The van der Waals surface area contributed by atoms with E-state index in [0.717, 1.165) is 0 Å². The number of halogens is 3. The zero-order valence-corrected chi connectivity index (χ0v) is 13.0. The summed E-state index contributed by atoms with van der Waals surface area (Å²) in [6, 6.07) is 0. The monoisotopic (exact) mass is 265 g/mol. The van der Waals surface area contributed by atoms with Crippen LogP contribution < -0.4 is 51.4 Å². The number of rotatable bonds is 3. The third kappa shape index (κ3) is 6.34. The van der Waals surface area contributed by atoms with Gasteiger partial charge in [0.15, 0.2) is 0 Å². The van der Waals surface area contributed by atoms with Gasteiger partial charge in [0.25, 0.3) is 0 Å². The first-order chi connectivity index (χ1) is 6.72. The third-order valence-electron chi connectivity index (χ3n) is 2.22. The van der Waals surface area contributed by atoms with Gasteiger partial charge in [0, 0.05) is 13.1 Å². The van der Waals surface area contributed by atoms with Crippen LogP contribution in [0.2, 0.25) is 0 Å². The molecule has 1 aliphatic rings. The number of ether oxygens (including phenoxy) is 1. The molecule has 0 radical (unpaired) electrons. The van der Waals surface area contributed by atoms with E-state index in [1.165, 1.54) is 4.90 Å². The standard InChI is InChI=1S/C8H16BF3NO2.K/c1-8(2)5-13(6-9(10,11)12)3-7(4-14)15-8;/h7,14H,3-6H2,1-2H3;/q-1;+1. The van der Waals surface area contributed by atoms with Crippen LogP contribution in [0, 0.1) is 0 Å². The number of nitrogens with zero attached hydrogens (tertiary/aromatic N) is 1. The Bertz CT molecular complexity index is 226. The van der Waals surface area contributed by atoms with E-state index in [1.54, 1.807) is 13.8 Å². The van der Waals surface area contributed by atoms with Gasteiger partial charge in [0.05, 0.1) is 18.3 Å². The van der Waals surface area contributed by atoms with Crippen molar-refractivity contribution < 1.29 is 74.2 Å². The molecule has 1 saturated heterocycles. The molecule has 0 aromatic carbocycles. The molecule has 1 N–H and O–H groups in total. The molecular weight excluding hydrogens is 249 g/mol. The Morgan fingerprint density at radius 3 is 2.44 bits per heavy atom. The van der Waals surface area contributed by atoms with Gasteiger partial charge >= 0.3 is 58.4 Å². The van der Waals surface area contributed by atoms with Gasteiger partial charge in [0.1, 0.15) is 0 Å². The SMILES string of the molecule is CC1(C)CN(C[B-](F)(F)F)CC(CO)O1.[K+]. The van der Waals surface area contributed by atoms with Crippen LogP contribution in [-0.4, -0.2) is 54.8 Å². The van der Waals surface area contributed by atoms with E-state index in [2.05, 4.69) is 0 Å². The van der Waals surface area contributed by atoms with Gasteiger partial charge in [-0.3, -0.25) is 0 Å². The van der Waals surface area contributed by atoms with E-state index in [1.807, 2.05) is 0 Å². The summed E-state index contributed by atoms with van der Waals surface area (Å²) in [5.41, 5.74) is -0.632. The first kappa shape index (κ1) is 17.4. The van der Waals surface area contributed by atoms with Crippen molar-refractivity contribution in [1.82, 2.24) is 4.90 Å². The van der Waals surface area contributed by atoms with E-state index < -0.39 is 25.1 Å². The van der Waals surface area contributed by atoms with Crippen molar-refractivity contribution in [2.75, 3.05) is 26.1 Å². The topological polar surface area (TPSA) is 32.7 Å². The van der Waals surface area contributed by atoms with Gasteiger partial charge in [-0.05, 0) is 20.3 Å². The minimum absolute atomic E-state index is 0. The van der Waals surface area contributed by atoms with Crippen molar-refractivity contribution in [3.05, 3.63) is 0 Å². The van der Waals surface area contributed by atoms with Crippen molar-refractivity contribution in [3.63, 3.8) is 0 Å². The van der Waals surface area contributed by atoms with Crippen LogP contribution in [0.15, 0.2) is 0 Å². The number of hydrogen-bond acceptors (Lipinski definition) is 3. The van der Waals surface area contributed by atoms with Crippen molar-refractivity contribution >= 4 is 6.98 Å². The summed E-state index contributed by atoms with van der Waals surface area (Å²) in [5, 5.41) is 8.91. The largest absolute Gasteiger partial charge is 1.00 e. The van der Waals surface area contributed by atoms with E-state index in [-0.39, 0.29) is 71.1 Å². The smallest absolute Gasteiger partial charge is 0.448 e. The van der Waals surface area contributed by atoms with E-state index in [4.69, 9.17) is 9.84 Å². The van der Waals surface area contributed by atoms with E-state index >= 15 is 0 Å². The van der Waals surface area contributed by atoms with E-state index in [0.29, 0.717) is 0 Å². The van der Waals surface area contributed by atoms with Crippen molar-refractivity contribution in [2.45, 2.75) is 25.6 Å². The fraction of sp³-hybridized carbons (Fsp3) is 1.00. The Labute approximate surface area is 136 Å². The summed E-state index contributed by atoms with van der Waals surface area (Å²) in [4.78, 5) is 1.30. The molecule has 16 heavy (non-hydrogen) atoms. The Morgan fingerprint density at radius 1 is 1.44 bits per heavy atom. The fourth-order valence-corrected chi connectivity index (χ4v) is 1.94. The van der Waals surface area contributed by atoms with Gasteiger partial charge < -0.3 is 27.7 Å². The molecule has 8 heteroatoms. The second-order valence-electron chi connectivity index (χ2n) is 4.59. The predicted octanol–water partition coefficient (Wildman–Crippen LogP) is -2.15. The van der Waals surface area contributed by atoms with Crippen molar-refractivity contribution in [2.24, 2.45) is 0 Å². The van der Waals surface area contributed by atoms with Gasteiger partial charge in [-0.25, -0.2) is 0 Å². The Balaban J connectivity index is 0.00000225. The second kappa shape index (κ2) is 6.51. The number of aliphatic hydroxyl groups is 1. The van der Waals surface area contributed by atoms with Gasteiger partial charge in [-0.15, -0.1) is 0 Å². The maximum absolute atomic E-state index is 12.2. The average molecular weight is 265 g/mol. The molecule has 1 rings (SSSR count). The molecule has 0 aromatic heterocycles. The summed E-state index contributed by atoms with van der Waals surface area (Å²) in [6.45, 7) is -1.22. The van der Waals surface area contributed by atoms with Crippen LogP contribution in [0.1, 0.15) is 13.8 Å². The minimum atomic E-state index is -4.81. The Morgan fingerprint density at radius 2 is 2.00 bits per heavy atom.